The van der Waals surface area contributed by atoms with Gasteiger partial charge in [0.2, 0.25) is 0 Å². The summed E-state index contributed by atoms with van der Waals surface area (Å²) in [5.41, 5.74) is 0.322. The van der Waals surface area contributed by atoms with Gasteiger partial charge in [0.25, 0.3) is 0 Å². The molecule has 3 aromatic rings. The molecule has 0 spiro atoms. The van der Waals surface area contributed by atoms with E-state index < -0.39 is 29.5 Å². The van der Waals surface area contributed by atoms with Crippen LogP contribution in [-0.4, -0.2) is 65.7 Å². The molecule has 0 saturated heterocycles. The van der Waals surface area contributed by atoms with Gasteiger partial charge < -0.3 is 29.5 Å². The normalized spacial score (nSPS) is 15.4. The number of unbranched alkanes of at least 4 members (excludes halogenated alkanes) is 15. The first-order valence-electron chi connectivity index (χ1n) is 21.3. The monoisotopic (exact) mass is 747 g/mol. The molecule has 3 aromatic carbocycles. The van der Waals surface area contributed by atoms with E-state index in [0.717, 1.165) is 36.0 Å². The summed E-state index contributed by atoms with van der Waals surface area (Å²) in [4.78, 5) is 0. The van der Waals surface area contributed by atoms with Gasteiger partial charge in [-0.15, -0.1) is 0 Å². The molecule has 0 fully saturated rings. The van der Waals surface area contributed by atoms with Gasteiger partial charge in [0.05, 0.1) is 31.5 Å². The Bertz CT molecular complexity index is 1220. The predicted octanol–water partition coefficient (Wildman–Crippen LogP) is 10.9. The van der Waals surface area contributed by atoms with Crippen LogP contribution in [0.5, 0.6) is 0 Å². The first kappa shape index (κ1) is 45.8. The van der Waals surface area contributed by atoms with Gasteiger partial charge >= 0.3 is 0 Å². The number of hydrogen-bond donors (Lipinski definition) is 3. The quantitative estimate of drug-likeness (QED) is 0.0449. The molecule has 0 aromatic heterocycles. The number of benzene rings is 3. The molecule has 0 aliphatic rings. The zero-order valence-electron chi connectivity index (χ0n) is 34.2. The Balaban J connectivity index is 1.39. The van der Waals surface area contributed by atoms with Gasteiger partial charge in [0.1, 0.15) is 17.3 Å². The molecule has 0 amide bonds. The summed E-state index contributed by atoms with van der Waals surface area (Å²) in [6.07, 6.45) is 18.8. The van der Waals surface area contributed by atoms with E-state index in [0.29, 0.717) is 0 Å². The van der Waals surface area contributed by atoms with Crippen LogP contribution in [0.2, 0.25) is 0 Å². The maximum Gasteiger partial charge on any atom is 0.143 e. The number of rotatable bonds is 31. The van der Waals surface area contributed by atoms with Crippen molar-refractivity contribution in [1.82, 2.24) is 0 Å². The summed E-state index contributed by atoms with van der Waals surface area (Å²) < 4.78 is 18.6. The van der Waals surface area contributed by atoms with Crippen molar-refractivity contribution in [3.63, 3.8) is 0 Å². The van der Waals surface area contributed by atoms with Crippen LogP contribution in [0.15, 0.2) is 91.0 Å². The number of aliphatic hydroxyl groups excluding tert-OH is 2. The predicted molar refractivity (Wildman–Crippen MR) is 223 cm³/mol. The molecule has 6 nitrogen and oxygen atoms in total. The van der Waals surface area contributed by atoms with E-state index in [1.807, 2.05) is 54.6 Å². The molecule has 5 atom stereocenters. The Morgan fingerprint density at radius 2 is 0.963 bits per heavy atom. The zero-order chi connectivity index (χ0) is 38.9. The average Bonchev–Trinajstić information content (AvgIpc) is 3.20. The molecular formula is C48H74O6. The molecule has 54 heavy (non-hydrogen) atoms. The van der Waals surface area contributed by atoms with Gasteiger partial charge in [0.15, 0.2) is 0 Å². The Kier molecular flexibility index (Phi) is 22.3. The number of ether oxygens (including phenoxy) is 3. The molecule has 3 rings (SSSR count). The van der Waals surface area contributed by atoms with E-state index in [-0.39, 0.29) is 25.7 Å². The van der Waals surface area contributed by atoms with Crippen LogP contribution in [-0.2, 0) is 19.8 Å². The summed E-state index contributed by atoms with van der Waals surface area (Å²) in [5, 5.41) is 33.7. The molecular weight excluding hydrogens is 673 g/mol. The van der Waals surface area contributed by atoms with Crippen molar-refractivity contribution in [2.75, 3.05) is 20.3 Å². The molecule has 0 radical (unpaired) electrons. The fourth-order valence-electron chi connectivity index (χ4n) is 7.70. The minimum Gasteiger partial charge on any atom is -0.390 e. The van der Waals surface area contributed by atoms with Gasteiger partial charge in [0, 0.05) is 13.5 Å². The number of aliphatic hydroxyl groups is 3. The van der Waals surface area contributed by atoms with Crippen molar-refractivity contribution in [3.05, 3.63) is 108 Å². The molecule has 0 bridgehead atoms. The second kappa shape index (κ2) is 26.3. The fraction of sp³-hybridized carbons (Fsp3) is 0.625. The van der Waals surface area contributed by atoms with Crippen LogP contribution in [0.3, 0.4) is 0 Å². The van der Waals surface area contributed by atoms with Crippen molar-refractivity contribution >= 4 is 0 Å². The van der Waals surface area contributed by atoms with Gasteiger partial charge in [-0.2, -0.15) is 0 Å². The van der Waals surface area contributed by atoms with Crippen LogP contribution in [0, 0.1) is 0 Å². The summed E-state index contributed by atoms with van der Waals surface area (Å²) in [7, 11) is 1.65. The van der Waals surface area contributed by atoms with Crippen molar-refractivity contribution in [3.8, 4) is 0 Å². The van der Waals surface area contributed by atoms with E-state index in [4.69, 9.17) is 14.2 Å². The van der Waals surface area contributed by atoms with Crippen LogP contribution in [0.25, 0.3) is 0 Å². The lowest BCUT2D eigenvalue weighted by Crippen LogP contribution is -2.55. The van der Waals surface area contributed by atoms with Crippen LogP contribution < -0.4 is 0 Å². The lowest BCUT2D eigenvalue weighted by molar-refractivity contribution is -0.184. The summed E-state index contributed by atoms with van der Waals surface area (Å²) in [5.74, 6) is 0. The van der Waals surface area contributed by atoms with Crippen molar-refractivity contribution < 1.29 is 29.5 Å². The van der Waals surface area contributed by atoms with Crippen LogP contribution >= 0.6 is 0 Å². The van der Waals surface area contributed by atoms with Crippen molar-refractivity contribution in [2.45, 2.75) is 172 Å². The molecule has 6 heteroatoms. The average molecular weight is 747 g/mol. The Morgan fingerprint density at radius 1 is 0.574 bits per heavy atom. The topological polar surface area (TPSA) is 88.4 Å². The molecule has 0 saturated carbocycles. The van der Waals surface area contributed by atoms with Gasteiger partial charge in [-0.3, -0.25) is 0 Å². The molecule has 0 heterocycles. The smallest absolute Gasteiger partial charge is 0.143 e. The van der Waals surface area contributed by atoms with E-state index in [2.05, 4.69) is 43.3 Å². The summed E-state index contributed by atoms with van der Waals surface area (Å²) in [6, 6.07) is 30.5. The second-order valence-corrected chi connectivity index (χ2v) is 15.6. The molecule has 0 aliphatic carbocycles. The fourth-order valence-corrected chi connectivity index (χ4v) is 7.70. The third-order valence-electron chi connectivity index (χ3n) is 11.2. The van der Waals surface area contributed by atoms with Gasteiger partial charge in [-0.25, -0.2) is 0 Å². The maximum atomic E-state index is 11.3. The Morgan fingerprint density at radius 3 is 1.35 bits per heavy atom. The van der Waals surface area contributed by atoms with Crippen molar-refractivity contribution in [2.24, 2.45) is 0 Å². The lowest BCUT2D eigenvalue weighted by Gasteiger charge is -2.38. The minimum atomic E-state index is -1.78. The summed E-state index contributed by atoms with van der Waals surface area (Å²) >= 11 is 0. The highest BCUT2D eigenvalue weighted by Crippen LogP contribution is 2.40. The van der Waals surface area contributed by atoms with Gasteiger partial charge in [-0.1, -0.05) is 201 Å². The van der Waals surface area contributed by atoms with Crippen molar-refractivity contribution in [1.29, 1.82) is 0 Å². The first-order chi connectivity index (χ1) is 26.3. The SMILES string of the molecule is CCCCCCCCCCCCCCCCCCC(CC(O)C(C)(O)C(O)C(C)OCCOC(c1ccccc1)(c1ccccc1)c1ccccc1)OC. The van der Waals surface area contributed by atoms with E-state index in [1.54, 1.807) is 14.0 Å². The van der Waals surface area contributed by atoms with E-state index >= 15 is 0 Å². The van der Waals surface area contributed by atoms with Crippen LogP contribution in [0.1, 0.15) is 153 Å². The highest BCUT2D eigenvalue weighted by atomic mass is 16.5. The third kappa shape index (κ3) is 15.2. The molecule has 302 valence electrons. The highest BCUT2D eigenvalue weighted by Gasteiger charge is 2.42. The van der Waals surface area contributed by atoms with E-state index in [9.17, 15) is 15.3 Å². The first-order valence-corrected chi connectivity index (χ1v) is 21.3. The van der Waals surface area contributed by atoms with E-state index in [1.165, 1.54) is 96.8 Å². The largest absolute Gasteiger partial charge is 0.390 e. The standard InChI is InChI=1S/C48H74O6/c1-5-6-7-8-9-10-11-12-13-14-15-16-17-18-19-29-36-44(52-4)39-45(49)47(3,51)46(50)40(2)53-37-38-54-48(41-30-23-20-24-31-41,42-32-25-21-26-33-42)43-34-27-22-28-35-43/h20-28,30-35,40,44-46,49-51H,5-19,29,36-39H2,1-4H3. The summed E-state index contributed by atoms with van der Waals surface area (Å²) in [6.45, 7) is 5.88. The molecule has 5 unspecified atom stereocenters. The third-order valence-corrected chi connectivity index (χ3v) is 11.2. The molecule has 3 N–H and O–H groups in total. The number of hydrogen-bond acceptors (Lipinski definition) is 6. The molecule has 0 aliphatic heterocycles. The number of methoxy groups -OCH3 is 1. The van der Waals surface area contributed by atoms with Crippen LogP contribution in [0.4, 0.5) is 0 Å². The Hall–Kier alpha value is -2.58. The Labute approximate surface area is 328 Å². The lowest BCUT2D eigenvalue weighted by atomic mass is 9.80. The zero-order valence-corrected chi connectivity index (χ0v) is 34.2. The van der Waals surface area contributed by atoms with Gasteiger partial charge in [-0.05, 0) is 37.0 Å². The minimum absolute atomic E-state index is 0.179. The highest BCUT2D eigenvalue weighted by molar-refractivity contribution is 5.47. The maximum absolute atomic E-state index is 11.3. The second-order valence-electron chi connectivity index (χ2n) is 15.6.